The highest BCUT2D eigenvalue weighted by atomic mass is 16.5. The third kappa shape index (κ3) is 3.72. The second kappa shape index (κ2) is 7.41. The van der Waals surface area contributed by atoms with Gasteiger partial charge in [0.05, 0.1) is 18.2 Å². The van der Waals surface area contributed by atoms with E-state index >= 15 is 0 Å². The molecule has 0 bridgehead atoms. The first-order valence-corrected chi connectivity index (χ1v) is 8.75. The molecule has 0 unspecified atom stereocenters. The van der Waals surface area contributed by atoms with E-state index in [1.54, 1.807) is 12.3 Å². The lowest BCUT2D eigenvalue weighted by Crippen LogP contribution is -2.07. The third-order valence-electron chi connectivity index (χ3n) is 4.50. The summed E-state index contributed by atoms with van der Waals surface area (Å²) in [6.45, 7) is 0.633. The molecular formula is C22H19N3O2. The molecule has 0 saturated carbocycles. The quantitative estimate of drug-likeness (QED) is 0.509. The predicted molar refractivity (Wildman–Crippen MR) is 104 cm³/mol. The summed E-state index contributed by atoms with van der Waals surface area (Å²) in [5.74, 6) is 0.601. The number of carbonyl (C=O) groups is 1. The van der Waals surface area contributed by atoms with Crippen LogP contribution in [0.3, 0.4) is 0 Å². The molecule has 0 aliphatic carbocycles. The number of para-hydroxylation sites is 1. The SMILES string of the molecule is COC(=O)c1cccc(Cn2ccnc2Cc2ccc3ccccc3n2)c1. The zero-order valence-electron chi connectivity index (χ0n) is 15.0. The Labute approximate surface area is 157 Å². The van der Waals surface area contributed by atoms with Gasteiger partial charge >= 0.3 is 5.97 Å². The molecule has 4 rings (SSSR count). The standard InChI is InChI=1S/C22H19N3O2/c1-27-22(26)18-7-4-5-16(13-18)15-25-12-11-23-21(25)14-19-10-9-17-6-2-3-8-20(17)24-19/h2-13H,14-15H2,1H3. The van der Waals surface area contributed by atoms with Gasteiger partial charge in [0.25, 0.3) is 0 Å². The van der Waals surface area contributed by atoms with E-state index in [0.29, 0.717) is 18.5 Å². The molecule has 134 valence electrons. The van der Waals surface area contributed by atoms with Crippen molar-refractivity contribution in [1.29, 1.82) is 0 Å². The Hall–Kier alpha value is -3.47. The minimum absolute atomic E-state index is 0.330. The summed E-state index contributed by atoms with van der Waals surface area (Å²) in [5.41, 5.74) is 3.53. The fraction of sp³-hybridized carbons (Fsp3) is 0.136. The van der Waals surface area contributed by atoms with Crippen LogP contribution in [0.1, 0.15) is 27.4 Å². The molecule has 0 atom stereocenters. The van der Waals surface area contributed by atoms with Crippen LogP contribution in [-0.4, -0.2) is 27.6 Å². The first-order valence-electron chi connectivity index (χ1n) is 8.75. The zero-order chi connectivity index (χ0) is 18.6. The Kier molecular flexibility index (Phi) is 4.66. The number of imidazole rings is 1. The van der Waals surface area contributed by atoms with Crippen molar-refractivity contribution in [2.45, 2.75) is 13.0 Å². The number of carbonyl (C=O) groups excluding carboxylic acids is 1. The second-order valence-electron chi connectivity index (χ2n) is 6.34. The number of rotatable bonds is 5. The average Bonchev–Trinajstić information content (AvgIpc) is 3.14. The highest BCUT2D eigenvalue weighted by molar-refractivity contribution is 5.89. The number of esters is 1. The van der Waals surface area contributed by atoms with E-state index in [9.17, 15) is 4.79 Å². The van der Waals surface area contributed by atoms with Crippen LogP contribution in [-0.2, 0) is 17.7 Å². The minimum atomic E-state index is -0.330. The lowest BCUT2D eigenvalue weighted by molar-refractivity contribution is 0.0600. The van der Waals surface area contributed by atoms with Gasteiger partial charge in [0, 0.05) is 36.4 Å². The number of methoxy groups -OCH3 is 1. The van der Waals surface area contributed by atoms with Crippen LogP contribution in [0.2, 0.25) is 0 Å². The van der Waals surface area contributed by atoms with Crippen molar-refractivity contribution in [1.82, 2.24) is 14.5 Å². The third-order valence-corrected chi connectivity index (χ3v) is 4.50. The summed E-state index contributed by atoms with van der Waals surface area (Å²) in [4.78, 5) is 21.0. The van der Waals surface area contributed by atoms with Gasteiger partial charge in [-0.15, -0.1) is 0 Å². The van der Waals surface area contributed by atoms with Crippen molar-refractivity contribution in [2.24, 2.45) is 0 Å². The molecule has 0 N–H and O–H groups in total. The molecule has 2 heterocycles. The second-order valence-corrected chi connectivity index (χ2v) is 6.34. The number of benzene rings is 2. The molecule has 0 aliphatic heterocycles. The van der Waals surface area contributed by atoms with Crippen LogP contribution in [0.5, 0.6) is 0 Å². The van der Waals surface area contributed by atoms with E-state index in [1.807, 2.05) is 48.7 Å². The molecule has 0 fully saturated rings. The van der Waals surface area contributed by atoms with E-state index in [1.165, 1.54) is 7.11 Å². The van der Waals surface area contributed by atoms with Gasteiger partial charge < -0.3 is 9.30 Å². The average molecular weight is 357 g/mol. The van der Waals surface area contributed by atoms with Gasteiger partial charge in [-0.1, -0.05) is 36.4 Å². The van der Waals surface area contributed by atoms with Gasteiger partial charge in [-0.3, -0.25) is 4.98 Å². The summed E-state index contributed by atoms with van der Waals surface area (Å²) in [6, 6.07) is 19.7. The summed E-state index contributed by atoms with van der Waals surface area (Å²) in [6.07, 6.45) is 4.39. The maximum absolute atomic E-state index is 11.7. The topological polar surface area (TPSA) is 57.0 Å². The molecule has 27 heavy (non-hydrogen) atoms. The molecule has 0 spiro atoms. The van der Waals surface area contributed by atoms with Crippen molar-refractivity contribution in [3.8, 4) is 0 Å². The van der Waals surface area contributed by atoms with Crippen LogP contribution in [0, 0.1) is 0 Å². The van der Waals surface area contributed by atoms with E-state index in [0.717, 1.165) is 28.0 Å². The Bertz CT molecular complexity index is 1100. The van der Waals surface area contributed by atoms with Crippen molar-refractivity contribution >= 4 is 16.9 Å². The van der Waals surface area contributed by atoms with E-state index in [-0.39, 0.29) is 5.97 Å². The molecule has 2 aromatic heterocycles. The molecule has 0 radical (unpaired) electrons. The fourth-order valence-corrected chi connectivity index (χ4v) is 3.13. The fourth-order valence-electron chi connectivity index (χ4n) is 3.13. The predicted octanol–water partition coefficient (Wildman–Crippen LogP) is 3.86. The lowest BCUT2D eigenvalue weighted by atomic mass is 10.1. The van der Waals surface area contributed by atoms with Gasteiger partial charge in [-0.25, -0.2) is 9.78 Å². The molecule has 2 aromatic carbocycles. The maximum atomic E-state index is 11.7. The van der Waals surface area contributed by atoms with Crippen LogP contribution in [0.15, 0.2) is 73.1 Å². The van der Waals surface area contributed by atoms with Gasteiger partial charge in [-0.05, 0) is 29.8 Å². The number of nitrogens with zero attached hydrogens (tertiary/aromatic N) is 3. The van der Waals surface area contributed by atoms with Crippen LogP contribution in [0.4, 0.5) is 0 Å². The Morgan fingerprint density at radius 2 is 1.96 bits per heavy atom. The van der Waals surface area contributed by atoms with Crippen LogP contribution >= 0.6 is 0 Å². The summed E-state index contributed by atoms with van der Waals surface area (Å²) >= 11 is 0. The number of hydrogen-bond donors (Lipinski definition) is 0. The minimum Gasteiger partial charge on any atom is -0.465 e. The van der Waals surface area contributed by atoms with Crippen molar-refractivity contribution in [2.75, 3.05) is 7.11 Å². The van der Waals surface area contributed by atoms with Crippen LogP contribution in [0.25, 0.3) is 10.9 Å². The molecular weight excluding hydrogens is 338 g/mol. The van der Waals surface area contributed by atoms with Crippen molar-refractivity contribution in [3.05, 3.63) is 95.7 Å². The molecule has 5 heteroatoms. The summed E-state index contributed by atoms with van der Waals surface area (Å²) in [7, 11) is 1.39. The Morgan fingerprint density at radius 1 is 1.07 bits per heavy atom. The largest absolute Gasteiger partial charge is 0.465 e. The number of hydrogen-bond acceptors (Lipinski definition) is 4. The van der Waals surface area contributed by atoms with Gasteiger partial charge in [0.15, 0.2) is 0 Å². The number of fused-ring (bicyclic) bond motifs is 1. The Balaban J connectivity index is 1.56. The summed E-state index contributed by atoms with van der Waals surface area (Å²) < 4.78 is 6.87. The summed E-state index contributed by atoms with van der Waals surface area (Å²) in [5, 5.41) is 1.13. The smallest absolute Gasteiger partial charge is 0.337 e. The molecule has 0 saturated heterocycles. The van der Waals surface area contributed by atoms with E-state index in [4.69, 9.17) is 9.72 Å². The highest BCUT2D eigenvalue weighted by Crippen LogP contribution is 2.15. The van der Waals surface area contributed by atoms with Crippen LogP contribution < -0.4 is 0 Å². The number of pyridine rings is 1. The van der Waals surface area contributed by atoms with Gasteiger partial charge in [-0.2, -0.15) is 0 Å². The maximum Gasteiger partial charge on any atom is 0.337 e. The molecule has 0 aliphatic rings. The number of aromatic nitrogens is 3. The molecule has 5 nitrogen and oxygen atoms in total. The molecule has 0 amide bonds. The normalized spacial score (nSPS) is 10.9. The lowest BCUT2D eigenvalue weighted by Gasteiger charge is -2.09. The first-order chi connectivity index (χ1) is 13.2. The zero-order valence-corrected chi connectivity index (χ0v) is 15.0. The monoisotopic (exact) mass is 357 g/mol. The highest BCUT2D eigenvalue weighted by Gasteiger charge is 2.09. The van der Waals surface area contributed by atoms with E-state index < -0.39 is 0 Å². The Morgan fingerprint density at radius 3 is 2.85 bits per heavy atom. The van der Waals surface area contributed by atoms with E-state index in [2.05, 4.69) is 21.7 Å². The molecule has 4 aromatic rings. The van der Waals surface area contributed by atoms with Crippen molar-refractivity contribution in [3.63, 3.8) is 0 Å². The van der Waals surface area contributed by atoms with Crippen molar-refractivity contribution < 1.29 is 9.53 Å². The first kappa shape index (κ1) is 17.0. The van der Waals surface area contributed by atoms with Gasteiger partial charge in [0.2, 0.25) is 0 Å². The van der Waals surface area contributed by atoms with Gasteiger partial charge in [0.1, 0.15) is 5.82 Å². The number of ether oxygens (including phenoxy) is 1.